The third-order valence-electron chi connectivity index (χ3n) is 3.24. The Hall–Kier alpha value is -2.42. The first-order valence-electron chi connectivity index (χ1n) is 6.33. The fourth-order valence-corrected chi connectivity index (χ4v) is 2.22. The van der Waals surface area contributed by atoms with Crippen LogP contribution in [-0.4, -0.2) is 17.4 Å². The molecule has 0 atom stereocenters. The van der Waals surface area contributed by atoms with Crippen molar-refractivity contribution >= 4 is 11.6 Å². The minimum atomic E-state index is 0.0583. The van der Waals surface area contributed by atoms with E-state index < -0.39 is 0 Å². The zero-order valence-electron chi connectivity index (χ0n) is 10.5. The summed E-state index contributed by atoms with van der Waals surface area (Å²) in [4.78, 5) is 17.6. The molecule has 0 aliphatic carbocycles. The lowest BCUT2D eigenvalue weighted by atomic mass is 10.1. The highest BCUT2D eigenvalue weighted by molar-refractivity contribution is 6.02. The zero-order valence-corrected chi connectivity index (χ0v) is 10.5. The van der Waals surface area contributed by atoms with Crippen LogP contribution < -0.4 is 4.90 Å². The van der Waals surface area contributed by atoms with Crippen molar-refractivity contribution in [1.29, 1.82) is 0 Å². The predicted octanol–water partition coefficient (Wildman–Crippen LogP) is 3.04. The van der Waals surface area contributed by atoms with Crippen LogP contribution >= 0.6 is 0 Å². The van der Waals surface area contributed by atoms with E-state index in [1.807, 2.05) is 42.5 Å². The number of carbonyl (C=O) groups is 1. The highest BCUT2D eigenvalue weighted by atomic mass is 16.2. The molecule has 1 aromatic heterocycles. The number of rotatable bonds is 2. The topological polar surface area (TPSA) is 33.2 Å². The lowest BCUT2D eigenvalue weighted by Gasteiger charge is -2.23. The summed E-state index contributed by atoms with van der Waals surface area (Å²) >= 11 is 0. The van der Waals surface area contributed by atoms with Crippen molar-refractivity contribution in [1.82, 2.24) is 4.98 Å². The maximum absolute atomic E-state index is 11.8. The Bertz CT molecular complexity index is 602. The van der Waals surface area contributed by atoms with Gasteiger partial charge in [-0.05, 0) is 47.9 Å². The van der Waals surface area contributed by atoms with Gasteiger partial charge in [0.2, 0.25) is 0 Å². The lowest BCUT2D eigenvalue weighted by Crippen LogP contribution is -2.32. The first-order chi connectivity index (χ1) is 9.34. The van der Waals surface area contributed by atoms with Crippen LogP contribution in [0.1, 0.15) is 6.42 Å². The summed E-state index contributed by atoms with van der Waals surface area (Å²) in [6.45, 7) is 0.754. The normalized spacial score (nSPS) is 14.7. The highest BCUT2D eigenvalue weighted by Crippen LogP contribution is 2.23. The Kier molecular flexibility index (Phi) is 3.11. The van der Waals surface area contributed by atoms with Crippen LogP contribution in [0, 0.1) is 0 Å². The van der Waals surface area contributed by atoms with Gasteiger partial charge in [-0.25, -0.2) is 0 Å². The Morgan fingerprint density at radius 3 is 2.32 bits per heavy atom. The van der Waals surface area contributed by atoms with Gasteiger partial charge in [-0.2, -0.15) is 0 Å². The van der Waals surface area contributed by atoms with Crippen LogP contribution in [-0.2, 0) is 4.79 Å². The molecule has 1 aliphatic rings. The first-order valence-corrected chi connectivity index (χ1v) is 6.33. The summed E-state index contributed by atoms with van der Waals surface area (Å²) in [5, 5.41) is 0. The number of benzene rings is 1. The van der Waals surface area contributed by atoms with Crippen LogP contribution in [0.3, 0.4) is 0 Å². The summed E-state index contributed by atoms with van der Waals surface area (Å²) in [5.74, 6) is 0.0583. The lowest BCUT2D eigenvalue weighted by molar-refractivity contribution is -0.114. The fourth-order valence-electron chi connectivity index (χ4n) is 2.22. The molecule has 19 heavy (non-hydrogen) atoms. The Balaban J connectivity index is 1.87. The molecule has 0 spiro atoms. The minimum Gasteiger partial charge on any atom is -0.309 e. The summed E-state index contributed by atoms with van der Waals surface area (Å²) in [5.41, 5.74) is 3.21. The number of hydrogen-bond acceptors (Lipinski definition) is 2. The van der Waals surface area contributed by atoms with Gasteiger partial charge in [0.1, 0.15) is 0 Å². The molecule has 2 aromatic rings. The average Bonchev–Trinajstić information content (AvgIpc) is 2.49. The molecule has 0 saturated carbocycles. The summed E-state index contributed by atoms with van der Waals surface area (Å²) in [6, 6.07) is 12.0. The molecule has 94 valence electrons. The standard InChI is InChI=1S/C16H14N2O/c19-16-3-1-2-12-18(16)15-6-4-13(5-7-15)14-8-10-17-11-9-14/h1,3-11H,2,12H2. The van der Waals surface area contributed by atoms with Gasteiger partial charge in [-0.15, -0.1) is 0 Å². The van der Waals surface area contributed by atoms with Gasteiger partial charge in [0.05, 0.1) is 0 Å². The van der Waals surface area contributed by atoms with Gasteiger partial charge in [0.25, 0.3) is 5.91 Å². The smallest absolute Gasteiger partial charge is 0.250 e. The Labute approximate surface area is 112 Å². The molecule has 1 aromatic carbocycles. The van der Waals surface area contributed by atoms with Crippen molar-refractivity contribution in [2.75, 3.05) is 11.4 Å². The second kappa shape index (κ2) is 5.06. The molecule has 3 heteroatoms. The second-order valence-corrected chi connectivity index (χ2v) is 4.46. The molecule has 1 aliphatic heterocycles. The van der Waals surface area contributed by atoms with Gasteiger partial charge in [0, 0.05) is 24.6 Å². The molecular weight excluding hydrogens is 236 g/mol. The molecule has 3 nitrogen and oxygen atoms in total. The first kappa shape index (κ1) is 11.7. The quantitative estimate of drug-likeness (QED) is 0.820. The Morgan fingerprint density at radius 1 is 0.947 bits per heavy atom. The summed E-state index contributed by atoms with van der Waals surface area (Å²) in [6.07, 6.45) is 8.03. The SMILES string of the molecule is O=C1C=CCCN1c1ccc(-c2ccncc2)cc1. The zero-order chi connectivity index (χ0) is 13.1. The maximum atomic E-state index is 11.8. The number of pyridine rings is 1. The van der Waals surface area contributed by atoms with Crippen LogP contribution in [0.25, 0.3) is 11.1 Å². The van der Waals surface area contributed by atoms with Crippen molar-refractivity contribution < 1.29 is 4.79 Å². The molecule has 3 rings (SSSR count). The van der Waals surface area contributed by atoms with E-state index in [-0.39, 0.29) is 5.91 Å². The fraction of sp³-hybridized carbons (Fsp3) is 0.125. The third kappa shape index (κ3) is 2.40. The minimum absolute atomic E-state index is 0.0583. The van der Waals surface area contributed by atoms with Crippen molar-refractivity contribution in [2.45, 2.75) is 6.42 Å². The molecule has 0 bridgehead atoms. The monoisotopic (exact) mass is 250 g/mol. The van der Waals surface area contributed by atoms with Crippen molar-refractivity contribution in [3.63, 3.8) is 0 Å². The van der Waals surface area contributed by atoms with Crippen LogP contribution in [0.5, 0.6) is 0 Å². The van der Waals surface area contributed by atoms with E-state index in [1.54, 1.807) is 23.4 Å². The maximum Gasteiger partial charge on any atom is 0.250 e. The number of nitrogens with zero attached hydrogens (tertiary/aromatic N) is 2. The van der Waals surface area contributed by atoms with Crippen LogP contribution in [0.2, 0.25) is 0 Å². The van der Waals surface area contributed by atoms with E-state index in [9.17, 15) is 4.79 Å². The van der Waals surface area contributed by atoms with E-state index >= 15 is 0 Å². The molecule has 1 amide bonds. The molecule has 0 N–H and O–H groups in total. The number of amides is 1. The predicted molar refractivity (Wildman–Crippen MR) is 75.8 cm³/mol. The summed E-state index contributed by atoms with van der Waals surface area (Å²) < 4.78 is 0. The van der Waals surface area contributed by atoms with Crippen molar-refractivity contribution in [2.24, 2.45) is 0 Å². The van der Waals surface area contributed by atoms with E-state index in [1.165, 1.54) is 0 Å². The summed E-state index contributed by atoms with van der Waals surface area (Å²) in [7, 11) is 0. The number of hydrogen-bond donors (Lipinski definition) is 0. The van der Waals surface area contributed by atoms with Crippen molar-refractivity contribution in [3.8, 4) is 11.1 Å². The molecule has 0 radical (unpaired) electrons. The van der Waals surface area contributed by atoms with Gasteiger partial charge in [-0.3, -0.25) is 9.78 Å². The Morgan fingerprint density at radius 2 is 1.63 bits per heavy atom. The van der Waals surface area contributed by atoms with Gasteiger partial charge in [-0.1, -0.05) is 18.2 Å². The van der Waals surface area contributed by atoms with Crippen LogP contribution in [0.15, 0.2) is 60.9 Å². The molecule has 0 saturated heterocycles. The second-order valence-electron chi connectivity index (χ2n) is 4.46. The van der Waals surface area contributed by atoms with Crippen molar-refractivity contribution in [3.05, 3.63) is 60.9 Å². The van der Waals surface area contributed by atoms with Gasteiger partial charge in [0.15, 0.2) is 0 Å². The van der Waals surface area contributed by atoms with E-state index in [0.29, 0.717) is 0 Å². The molecule has 0 fully saturated rings. The molecule has 0 unspecified atom stereocenters. The average molecular weight is 250 g/mol. The number of aromatic nitrogens is 1. The van der Waals surface area contributed by atoms with E-state index in [2.05, 4.69) is 4.98 Å². The molecule has 2 heterocycles. The van der Waals surface area contributed by atoms with E-state index in [4.69, 9.17) is 0 Å². The molecular formula is C16H14N2O. The van der Waals surface area contributed by atoms with E-state index in [0.717, 1.165) is 29.8 Å². The third-order valence-corrected chi connectivity index (χ3v) is 3.24. The van der Waals surface area contributed by atoms with Gasteiger partial charge >= 0.3 is 0 Å². The largest absolute Gasteiger partial charge is 0.309 e. The van der Waals surface area contributed by atoms with Gasteiger partial charge < -0.3 is 4.90 Å². The number of anilines is 1. The van der Waals surface area contributed by atoms with Crippen LogP contribution in [0.4, 0.5) is 5.69 Å². The highest BCUT2D eigenvalue weighted by Gasteiger charge is 2.15. The number of carbonyl (C=O) groups excluding carboxylic acids is 1.